The Morgan fingerprint density at radius 1 is 0.912 bits per heavy atom. The summed E-state index contributed by atoms with van der Waals surface area (Å²) < 4.78 is 13.3. The van der Waals surface area contributed by atoms with E-state index in [0.717, 1.165) is 43.1 Å². The van der Waals surface area contributed by atoms with Crippen LogP contribution in [0.3, 0.4) is 0 Å². The number of piperazine rings is 1. The highest BCUT2D eigenvalue weighted by molar-refractivity contribution is 5.94. The fourth-order valence-electron chi connectivity index (χ4n) is 4.39. The zero-order chi connectivity index (χ0) is 24.1. The minimum absolute atomic E-state index is 0.0557. The number of nitrogens with zero attached hydrogens (tertiary/aromatic N) is 3. The summed E-state index contributed by atoms with van der Waals surface area (Å²) >= 11 is 0. The highest BCUT2D eigenvalue weighted by Crippen LogP contribution is 2.26. The number of carbonyl (C=O) groups is 1. The van der Waals surface area contributed by atoms with Crippen LogP contribution in [0.15, 0.2) is 72.8 Å². The van der Waals surface area contributed by atoms with Crippen molar-refractivity contribution in [2.45, 2.75) is 13.0 Å². The molecule has 3 aromatic carbocycles. The fourth-order valence-corrected chi connectivity index (χ4v) is 4.39. The van der Waals surface area contributed by atoms with Crippen LogP contribution in [0.4, 0.5) is 15.8 Å². The van der Waals surface area contributed by atoms with Gasteiger partial charge in [-0.15, -0.1) is 0 Å². The second-order valence-corrected chi connectivity index (χ2v) is 9.08. The van der Waals surface area contributed by atoms with E-state index in [4.69, 9.17) is 0 Å². The summed E-state index contributed by atoms with van der Waals surface area (Å²) in [7, 11) is 4.06. The molecule has 1 saturated heterocycles. The number of halogens is 1. The first-order valence-corrected chi connectivity index (χ1v) is 11.8. The van der Waals surface area contributed by atoms with Crippen molar-refractivity contribution in [3.8, 4) is 0 Å². The number of amides is 1. The average Bonchev–Trinajstić information content (AvgIpc) is 2.85. The second kappa shape index (κ2) is 10.7. The van der Waals surface area contributed by atoms with Gasteiger partial charge in [0.1, 0.15) is 5.82 Å². The lowest BCUT2D eigenvalue weighted by molar-refractivity contribution is 0.0930. The Kier molecular flexibility index (Phi) is 7.48. The lowest BCUT2D eigenvalue weighted by Gasteiger charge is -2.40. The minimum Gasteiger partial charge on any atom is -0.378 e. The minimum atomic E-state index is -0.215. The fraction of sp³-hybridized carbons (Fsp3) is 0.321. The van der Waals surface area contributed by atoms with Crippen molar-refractivity contribution in [1.29, 1.82) is 0 Å². The van der Waals surface area contributed by atoms with Gasteiger partial charge in [0.2, 0.25) is 0 Å². The molecule has 1 N–H and O–H groups in total. The molecule has 34 heavy (non-hydrogen) atoms. The van der Waals surface area contributed by atoms with Crippen LogP contribution in [0, 0.1) is 12.7 Å². The van der Waals surface area contributed by atoms with E-state index in [1.54, 1.807) is 0 Å². The second-order valence-electron chi connectivity index (χ2n) is 9.08. The molecule has 5 nitrogen and oxygen atoms in total. The normalized spacial score (nSPS) is 15.1. The van der Waals surface area contributed by atoms with Gasteiger partial charge in [0.05, 0.1) is 6.04 Å². The van der Waals surface area contributed by atoms with Crippen molar-refractivity contribution in [1.82, 2.24) is 10.2 Å². The van der Waals surface area contributed by atoms with E-state index in [-0.39, 0.29) is 17.8 Å². The summed E-state index contributed by atoms with van der Waals surface area (Å²) in [5.74, 6) is -0.271. The Hall–Kier alpha value is -3.38. The van der Waals surface area contributed by atoms with Crippen LogP contribution in [0.25, 0.3) is 0 Å². The topological polar surface area (TPSA) is 38.8 Å². The van der Waals surface area contributed by atoms with Crippen molar-refractivity contribution in [2.24, 2.45) is 0 Å². The maximum Gasteiger partial charge on any atom is 0.251 e. The molecule has 178 valence electrons. The highest BCUT2D eigenvalue weighted by Gasteiger charge is 2.26. The van der Waals surface area contributed by atoms with Crippen molar-refractivity contribution >= 4 is 17.3 Å². The Balaban J connectivity index is 1.47. The largest absolute Gasteiger partial charge is 0.378 e. The summed E-state index contributed by atoms with van der Waals surface area (Å²) in [6.45, 7) is 5.97. The first-order chi connectivity index (χ1) is 16.4. The molecule has 1 aliphatic rings. The predicted octanol–water partition coefficient (Wildman–Crippen LogP) is 4.49. The van der Waals surface area contributed by atoms with E-state index in [0.29, 0.717) is 12.1 Å². The number of nitrogens with one attached hydrogen (secondary N) is 1. The van der Waals surface area contributed by atoms with Crippen LogP contribution < -0.4 is 15.1 Å². The van der Waals surface area contributed by atoms with Gasteiger partial charge in [-0.25, -0.2) is 4.39 Å². The monoisotopic (exact) mass is 460 g/mol. The summed E-state index contributed by atoms with van der Waals surface area (Å²) in [4.78, 5) is 19.6. The van der Waals surface area contributed by atoms with E-state index in [9.17, 15) is 9.18 Å². The average molecular weight is 461 g/mol. The van der Waals surface area contributed by atoms with Crippen LogP contribution in [-0.4, -0.2) is 57.6 Å². The molecule has 1 unspecified atom stereocenters. The van der Waals surface area contributed by atoms with Crippen LogP contribution in [0.1, 0.15) is 27.5 Å². The number of benzene rings is 3. The third-order valence-electron chi connectivity index (χ3n) is 6.51. The first kappa shape index (κ1) is 23.8. The summed E-state index contributed by atoms with van der Waals surface area (Å²) in [5, 5.41) is 3.15. The first-order valence-electron chi connectivity index (χ1n) is 11.8. The predicted molar refractivity (Wildman–Crippen MR) is 137 cm³/mol. The van der Waals surface area contributed by atoms with Crippen molar-refractivity contribution in [2.75, 3.05) is 56.6 Å². The van der Waals surface area contributed by atoms with Crippen LogP contribution in [0.5, 0.6) is 0 Å². The molecule has 0 aliphatic carbocycles. The smallest absolute Gasteiger partial charge is 0.251 e. The Morgan fingerprint density at radius 2 is 1.53 bits per heavy atom. The molecule has 0 radical (unpaired) electrons. The van der Waals surface area contributed by atoms with Gasteiger partial charge >= 0.3 is 0 Å². The molecular weight excluding hydrogens is 427 g/mol. The molecule has 0 aromatic heterocycles. The maximum absolute atomic E-state index is 13.3. The van der Waals surface area contributed by atoms with Gasteiger partial charge in [0.25, 0.3) is 5.91 Å². The zero-order valence-electron chi connectivity index (χ0n) is 20.2. The molecule has 1 amide bonds. The quantitative estimate of drug-likeness (QED) is 0.564. The van der Waals surface area contributed by atoms with Crippen LogP contribution >= 0.6 is 0 Å². The van der Waals surface area contributed by atoms with E-state index < -0.39 is 0 Å². The van der Waals surface area contributed by atoms with Gasteiger partial charge < -0.3 is 15.1 Å². The van der Waals surface area contributed by atoms with E-state index in [1.807, 2.05) is 57.4 Å². The molecule has 6 heteroatoms. The maximum atomic E-state index is 13.3. The summed E-state index contributed by atoms with van der Waals surface area (Å²) in [6, 6.07) is 23.0. The van der Waals surface area contributed by atoms with Gasteiger partial charge in [-0.2, -0.15) is 0 Å². The third-order valence-corrected chi connectivity index (χ3v) is 6.51. The van der Waals surface area contributed by atoms with Gasteiger partial charge in [-0.05, 0) is 61.0 Å². The molecule has 1 aliphatic heterocycles. The molecule has 0 saturated carbocycles. The van der Waals surface area contributed by atoms with Crippen LogP contribution in [0.2, 0.25) is 0 Å². The number of aryl methyl sites for hydroxylation is 1. The Labute approximate surface area is 201 Å². The zero-order valence-corrected chi connectivity index (χ0v) is 20.2. The van der Waals surface area contributed by atoms with E-state index >= 15 is 0 Å². The van der Waals surface area contributed by atoms with Crippen LogP contribution in [-0.2, 0) is 0 Å². The van der Waals surface area contributed by atoms with E-state index in [2.05, 4.69) is 44.3 Å². The molecule has 0 spiro atoms. The van der Waals surface area contributed by atoms with Gasteiger partial charge in [0.15, 0.2) is 0 Å². The highest BCUT2D eigenvalue weighted by atomic mass is 19.1. The molecule has 1 heterocycles. The molecular formula is C28H33FN4O. The van der Waals surface area contributed by atoms with Crippen molar-refractivity contribution in [3.63, 3.8) is 0 Å². The number of hydrogen-bond donors (Lipinski definition) is 1. The lowest BCUT2D eigenvalue weighted by atomic mass is 10.0. The number of anilines is 2. The Bertz CT molecular complexity index is 1070. The summed E-state index contributed by atoms with van der Waals surface area (Å²) in [6.07, 6.45) is 0. The third kappa shape index (κ3) is 5.75. The number of carbonyl (C=O) groups excluding carboxylic acids is 1. The lowest BCUT2D eigenvalue weighted by Crippen LogP contribution is -2.50. The number of hydrogen-bond acceptors (Lipinski definition) is 4. The molecule has 3 aromatic rings. The van der Waals surface area contributed by atoms with Crippen molar-refractivity contribution in [3.05, 3.63) is 95.3 Å². The molecule has 1 fully saturated rings. The standard InChI is InChI=1S/C28H33FN4O/c1-21-4-6-23(7-5-21)28(34)30-20-27(22-8-12-25(13-9-22)31(2)3)33-18-16-32(17-19-33)26-14-10-24(29)11-15-26/h4-15,27H,16-20H2,1-3H3,(H,30,34). The summed E-state index contributed by atoms with van der Waals surface area (Å²) in [5.41, 5.74) is 5.18. The number of rotatable bonds is 7. The SMILES string of the molecule is Cc1ccc(C(=O)NCC(c2ccc(N(C)C)cc2)N2CCN(c3ccc(F)cc3)CC2)cc1. The molecule has 0 bridgehead atoms. The van der Waals surface area contributed by atoms with Gasteiger partial charge in [-0.1, -0.05) is 29.8 Å². The molecule has 4 rings (SSSR count). The van der Waals surface area contributed by atoms with Crippen molar-refractivity contribution < 1.29 is 9.18 Å². The van der Waals surface area contributed by atoms with Gasteiger partial charge in [-0.3, -0.25) is 9.69 Å². The Morgan fingerprint density at radius 3 is 2.12 bits per heavy atom. The van der Waals surface area contributed by atoms with E-state index in [1.165, 1.54) is 17.7 Å². The van der Waals surface area contributed by atoms with Gasteiger partial charge in [0, 0.05) is 63.8 Å². The molecule has 1 atom stereocenters.